The van der Waals surface area contributed by atoms with Gasteiger partial charge in [-0.2, -0.15) is 0 Å². The van der Waals surface area contributed by atoms with Crippen LogP contribution in [0.2, 0.25) is 0 Å². The highest BCUT2D eigenvalue weighted by Crippen LogP contribution is 2.16. The summed E-state index contributed by atoms with van der Waals surface area (Å²) in [5.41, 5.74) is 1.39. The van der Waals surface area contributed by atoms with Gasteiger partial charge >= 0.3 is 0 Å². The number of nitrogens with zero attached hydrogens (tertiary/aromatic N) is 1. The molecule has 2 aromatic rings. The number of hydrogen-bond donors (Lipinski definition) is 1. The van der Waals surface area contributed by atoms with E-state index in [0.29, 0.717) is 12.0 Å². The van der Waals surface area contributed by atoms with Crippen LogP contribution in [-0.4, -0.2) is 28.8 Å². The maximum atomic E-state index is 13.3. The van der Waals surface area contributed by atoms with Gasteiger partial charge in [0.15, 0.2) is 0 Å². The van der Waals surface area contributed by atoms with E-state index in [2.05, 4.69) is 5.32 Å². The molecule has 1 N–H and O–H groups in total. The Bertz CT molecular complexity index is 807. The van der Waals surface area contributed by atoms with Crippen molar-refractivity contribution in [3.63, 3.8) is 0 Å². The molecule has 0 unspecified atom stereocenters. The Kier molecular flexibility index (Phi) is 8.31. The third kappa shape index (κ3) is 6.66. The second-order valence-corrected chi connectivity index (χ2v) is 7.19. The highest BCUT2D eigenvalue weighted by atomic mass is 19.1. The van der Waals surface area contributed by atoms with E-state index in [4.69, 9.17) is 0 Å². The van der Waals surface area contributed by atoms with Gasteiger partial charge in [0.1, 0.15) is 17.7 Å². The van der Waals surface area contributed by atoms with Crippen molar-refractivity contribution >= 4 is 11.8 Å². The summed E-state index contributed by atoms with van der Waals surface area (Å²) in [6.45, 7) is 5.92. The first-order valence-corrected chi connectivity index (χ1v) is 9.92. The smallest absolute Gasteiger partial charge is 0.243 e. The molecule has 2 atom stereocenters. The number of carbonyl (C=O) groups excluding carboxylic acids is 2. The molecule has 4 nitrogen and oxygen atoms in total. The lowest BCUT2D eigenvalue weighted by Crippen LogP contribution is -2.51. The van der Waals surface area contributed by atoms with E-state index in [1.165, 1.54) is 29.2 Å². The fraction of sp³-hybridized carbons (Fsp3) is 0.391. The van der Waals surface area contributed by atoms with Crippen LogP contribution >= 0.6 is 0 Å². The van der Waals surface area contributed by atoms with Gasteiger partial charge in [0, 0.05) is 12.6 Å². The first kappa shape index (κ1) is 22.5. The molecule has 2 rings (SSSR count). The minimum absolute atomic E-state index is 0.00331. The minimum atomic E-state index is -0.651. The number of nitrogens with one attached hydrogen (secondary N) is 1. The molecule has 0 spiro atoms. The SMILES string of the molecule is CC[C@H](C)NC(=O)[C@H](CC)N(Cc1ccc(F)cc1)C(=O)Cc1ccc(F)cc1. The van der Waals surface area contributed by atoms with Gasteiger partial charge in [0.2, 0.25) is 11.8 Å². The predicted molar refractivity (Wildman–Crippen MR) is 109 cm³/mol. The molecule has 0 saturated carbocycles. The Balaban J connectivity index is 2.26. The lowest BCUT2D eigenvalue weighted by Gasteiger charge is -2.31. The summed E-state index contributed by atoms with van der Waals surface area (Å²) in [6, 6.07) is 10.9. The van der Waals surface area contributed by atoms with Gasteiger partial charge in [-0.25, -0.2) is 8.78 Å². The van der Waals surface area contributed by atoms with Crippen molar-refractivity contribution in [2.75, 3.05) is 0 Å². The standard InChI is InChI=1S/C23H28F2N2O2/c1-4-16(3)26-23(29)21(5-2)27(15-18-8-12-20(25)13-9-18)22(28)14-17-6-10-19(24)11-7-17/h6-13,16,21H,4-5,14-15H2,1-3H3,(H,26,29)/t16-,21-/m0/s1. The summed E-state index contributed by atoms with van der Waals surface area (Å²) in [4.78, 5) is 27.4. The molecule has 0 bridgehead atoms. The van der Waals surface area contributed by atoms with Gasteiger partial charge in [-0.05, 0) is 55.2 Å². The van der Waals surface area contributed by atoms with Gasteiger partial charge in [-0.15, -0.1) is 0 Å². The fourth-order valence-electron chi connectivity index (χ4n) is 3.03. The highest BCUT2D eigenvalue weighted by Gasteiger charge is 2.29. The van der Waals surface area contributed by atoms with Gasteiger partial charge in [-0.1, -0.05) is 38.1 Å². The van der Waals surface area contributed by atoms with Crippen LogP contribution in [0.3, 0.4) is 0 Å². The third-order valence-corrected chi connectivity index (χ3v) is 4.92. The average Bonchev–Trinajstić information content (AvgIpc) is 2.70. The van der Waals surface area contributed by atoms with E-state index >= 15 is 0 Å². The Morgan fingerprint density at radius 3 is 1.90 bits per heavy atom. The molecule has 0 aliphatic carbocycles. The molecule has 0 fully saturated rings. The largest absolute Gasteiger partial charge is 0.352 e. The first-order chi connectivity index (χ1) is 13.8. The van der Waals surface area contributed by atoms with Crippen molar-refractivity contribution < 1.29 is 18.4 Å². The molecular weight excluding hydrogens is 374 g/mol. The Hall–Kier alpha value is -2.76. The summed E-state index contributed by atoms with van der Waals surface area (Å²) in [7, 11) is 0. The quantitative estimate of drug-likeness (QED) is 0.682. The molecule has 0 radical (unpaired) electrons. The highest BCUT2D eigenvalue weighted by molar-refractivity contribution is 5.88. The molecule has 6 heteroatoms. The van der Waals surface area contributed by atoms with E-state index in [1.807, 2.05) is 20.8 Å². The molecule has 0 aliphatic heterocycles. The maximum absolute atomic E-state index is 13.3. The molecule has 0 saturated heterocycles. The zero-order valence-electron chi connectivity index (χ0n) is 17.1. The van der Waals surface area contributed by atoms with E-state index < -0.39 is 6.04 Å². The number of rotatable bonds is 9. The summed E-state index contributed by atoms with van der Waals surface area (Å²) < 4.78 is 26.4. The van der Waals surface area contributed by atoms with Crippen molar-refractivity contribution in [1.82, 2.24) is 10.2 Å². The second kappa shape index (κ2) is 10.7. The van der Waals surface area contributed by atoms with Crippen molar-refractivity contribution in [1.29, 1.82) is 0 Å². The lowest BCUT2D eigenvalue weighted by atomic mass is 10.1. The van der Waals surface area contributed by atoms with Crippen molar-refractivity contribution in [3.8, 4) is 0 Å². The summed E-state index contributed by atoms with van der Waals surface area (Å²) in [5, 5.41) is 2.94. The maximum Gasteiger partial charge on any atom is 0.243 e. The van der Waals surface area contributed by atoms with Crippen molar-refractivity contribution in [3.05, 3.63) is 71.3 Å². The zero-order valence-corrected chi connectivity index (χ0v) is 17.1. The topological polar surface area (TPSA) is 49.4 Å². The van der Waals surface area contributed by atoms with Gasteiger partial charge < -0.3 is 10.2 Å². The predicted octanol–water partition coefficient (Wildman–Crippen LogP) is 4.23. The Labute approximate surface area is 170 Å². The van der Waals surface area contributed by atoms with Gasteiger partial charge in [-0.3, -0.25) is 9.59 Å². The number of hydrogen-bond acceptors (Lipinski definition) is 2. The molecular formula is C23H28F2N2O2. The summed E-state index contributed by atoms with van der Waals surface area (Å²) >= 11 is 0. The minimum Gasteiger partial charge on any atom is -0.352 e. The van der Waals surface area contributed by atoms with Gasteiger partial charge in [0.05, 0.1) is 6.42 Å². The number of halogens is 2. The van der Waals surface area contributed by atoms with Crippen molar-refractivity contribution in [2.24, 2.45) is 0 Å². The molecule has 0 aromatic heterocycles. The van der Waals surface area contributed by atoms with Crippen LogP contribution in [0.5, 0.6) is 0 Å². The van der Waals surface area contributed by atoms with Crippen LogP contribution in [0.4, 0.5) is 8.78 Å². The lowest BCUT2D eigenvalue weighted by molar-refractivity contribution is -0.141. The van der Waals surface area contributed by atoms with Crippen LogP contribution in [0.15, 0.2) is 48.5 Å². The monoisotopic (exact) mass is 402 g/mol. The molecule has 2 amide bonds. The van der Waals surface area contributed by atoms with Crippen LogP contribution in [-0.2, 0) is 22.6 Å². The fourth-order valence-corrected chi connectivity index (χ4v) is 3.03. The van der Waals surface area contributed by atoms with E-state index in [-0.39, 0.29) is 42.5 Å². The second-order valence-electron chi connectivity index (χ2n) is 7.19. The first-order valence-electron chi connectivity index (χ1n) is 9.92. The molecule has 0 aliphatic rings. The Morgan fingerprint density at radius 2 is 1.41 bits per heavy atom. The summed E-state index contributed by atoms with van der Waals surface area (Å²) in [5.74, 6) is -1.19. The number of amides is 2. The Morgan fingerprint density at radius 1 is 0.897 bits per heavy atom. The number of benzene rings is 2. The van der Waals surface area contributed by atoms with E-state index in [9.17, 15) is 18.4 Å². The normalized spacial score (nSPS) is 12.9. The van der Waals surface area contributed by atoms with Gasteiger partial charge in [0.25, 0.3) is 0 Å². The molecule has 29 heavy (non-hydrogen) atoms. The molecule has 2 aromatic carbocycles. The van der Waals surface area contributed by atoms with Crippen LogP contribution < -0.4 is 5.32 Å². The van der Waals surface area contributed by atoms with Crippen LogP contribution in [0.25, 0.3) is 0 Å². The van der Waals surface area contributed by atoms with Crippen LogP contribution in [0.1, 0.15) is 44.7 Å². The summed E-state index contributed by atoms with van der Waals surface area (Å²) in [6.07, 6.45) is 1.27. The van der Waals surface area contributed by atoms with Crippen LogP contribution in [0, 0.1) is 11.6 Å². The number of carbonyl (C=O) groups is 2. The van der Waals surface area contributed by atoms with Crippen molar-refractivity contribution in [2.45, 2.75) is 58.7 Å². The molecule has 156 valence electrons. The zero-order chi connectivity index (χ0) is 21.4. The average molecular weight is 402 g/mol. The molecule has 0 heterocycles. The van der Waals surface area contributed by atoms with E-state index in [1.54, 1.807) is 24.3 Å². The van der Waals surface area contributed by atoms with E-state index in [0.717, 1.165) is 12.0 Å². The third-order valence-electron chi connectivity index (χ3n) is 4.92.